The van der Waals surface area contributed by atoms with Crippen molar-refractivity contribution in [3.63, 3.8) is 0 Å². The number of thiophene rings is 1. The number of halogens is 2. The summed E-state index contributed by atoms with van der Waals surface area (Å²) in [5, 5.41) is 0.628. The monoisotopic (exact) mass is 420 g/mol. The Morgan fingerprint density at radius 2 is 1.96 bits per heavy atom. The van der Waals surface area contributed by atoms with Crippen molar-refractivity contribution < 1.29 is 13.2 Å². The molecule has 1 unspecified atom stereocenters. The van der Waals surface area contributed by atoms with Gasteiger partial charge in [0.25, 0.3) is 0 Å². The fourth-order valence-corrected chi connectivity index (χ4v) is 5.53. The van der Waals surface area contributed by atoms with E-state index in [1.54, 1.807) is 12.1 Å². The summed E-state index contributed by atoms with van der Waals surface area (Å²) in [5.41, 5.74) is 0.973. The summed E-state index contributed by atoms with van der Waals surface area (Å²) in [6.45, 7) is 2.99. The van der Waals surface area contributed by atoms with Gasteiger partial charge in [-0.2, -0.15) is 0 Å². The van der Waals surface area contributed by atoms with E-state index in [0.29, 0.717) is 22.6 Å². The van der Waals surface area contributed by atoms with Gasteiger partial charge in [-0.15, -0.1) is 11.3 Å². The van der Waals surface area contributed by atoms with Crippen LogP contribution in [-0.2, 0) is 14.8 Å². The van der Waals surface area contributed by atoms with E-state index in [9.17, 15) is 8.42 Å². The molecule has 3 rings (SSSR count). The summed E-state index contributed by atoms with van der Waals surface area (Å²) in [4.78, 5) is 2.21. The van der Waals surface area contributed by atoms with Crippen LogP contribution in [0.5, 0.6) is 0 Å². The summed E-state index contributed by atoms with van der Waals surface area (Å²) < 4.78 is 33.8. The zero-order valence-corrected chi connectivity index (χ0v) is 16.5. The average Bonchev–Trinajstić information content (AvgIpc) is 3.03. The first kappa shape index (κ1) is 19.1. The molecule has 1 fully saturated rings. The molecule has 1 saturated heterocycles. The molecular weight excluding hydrogens is 403 g/mol. The van der Waals surface area contributed by atoms with Gasteiger partial charge in [0.1, 0.15) is 4.21 Å². The number of benzene rings is 1. The van der Waals surface area contributed by atoms with Crippen LogP contribution < -0.4 is 4.72 Å². The van der Waals surface area contributed by atoms with Crippen LogP contribution in [0.2, 0.25) is 9.36 Å². The molecule has 25 heavy (non-hydrogen) atoms. The Hall–Kier alpha value is -0.670. The van der Waals surface area contributed by atoms with Gasteiger partial charge in [0, 0.05) is 30.7 Å². The number of morpholine rings is 1. The van der Waals surface area contributed by atoms with Gasteiger partial charge in [0.2, 0.25) is 10.0 Å². The molecule has 0 radical (unpaired) electrons. The average molecular weight is 421 g/mol. The number of nitrogens with zero attached hydrogens (tertiary/aromatic N) is 1. The largest absolute Gasteiger partial charge is 0.379 e. The maximum absolute atomic E-state index is 12.5. The van der Waals surface area contributed by atoms with E-state index >= 15 is 0 Å². The molecule has 1 aliphatic rings. The summed E-state index contributed by atoms with van der Waals surface area (Å²) in [5.74, 6) is 0. The number of hydrogen-bond acceptors (Lipinski definition) is 5. The number of nitrogens with one attached hydrogen (secondary N) is 1. The number of hydrogen-bond donors (Lipinski definition) is 1. The normalized spacial score (nSPS) is 17.5. The van der Waals surface area contributed by atoms with Crippen LogP contribution in [0, 0.1) is 0 Å². The Morgan fingerprint density at radius 3 is 2.60 bits per heavy atom. The van der Waals surface area contributed by atoms with Crippen LogP contribution in [0.25, 0.3) is 0 Å². The molecule has 5 nitrogen and oxygen atoms in total. The first-order valence-corrected chi connectivity index (χ1v) is 10.8. The van der Waals surface area contributed by atoms with Crippen molar-refractivity contribution in [2.75, 3.05) is 32.8 Å². The van der Waals surface area contributed by atoms with E-state index in [1.165, 1.54) is 6.07 Å². The standard InChI is InChI=1S/C16H18Cl2N2O3S2/c17-13-3-1-2-12(10-13)14(20-6-8-23-9-7-20)11-19-25(21,22)16-5-4-15(18)24-16/h1-5,10,14,19H,6-9,11H2. The van der Waals surface area contributed by atoms with Crippen molar-refractivity contribution in [2.45, 2.75) is 10.3 Å². The molecule has 2 aromatic rings. The summed E-state index contributed by atoms with van der Waals surface area (Å²) in [6.07, 6.45) is 0. The summed E-state index contributed by atoms with van der Waals surface area (Å²) >= 11 is 13.0. The predicted molar refractivity (Wildman–Crippen MR) is 101 cm³/mol. The van der Waals surface area contributed by atoms with E-state index < -0.39 is 10.0 Å². The quantitative estimate of drug-likeness (QED) is 0.777. The van der Waals surface area contributed by atoms with Gasteiger partial charge in [0.05, 0.1) is 17.6 Å². The zero-order valence-electron chi connectivity index (χ0n) is 13.3. The highest BCUT2D eigenvalue weighted by molar-refractivity contribution is 7.91. The fourth-order valence-electron chi connectivity index (χ4n) is 2.76. The maximum Gasteiger partial charge on any atom is 0.250 e. The van der Waals surface area contributed by atoms with E-state index in [1.807, 2.05) is 18.2 Å². The minimum absolute atomic E-state index is 0.118. The molecule has 1 N–H and O–H groups in total. The van der Waals surface area contributed by atoms with Gasteiger partial charge in [-0.05, 0) is 29.8 Å². The highest BCUT2D eigenvalue weighted by Crippen LogP contribution is 2.27. The molecular formula is C16H18Cl2N2O3S2. The van der Waals surface area contributed by atoms with Crippen molar-refractivity contribution in [3.05, 3.63) is 51.3 Å². The highest BCUT2D eigenvalue weighted by Gasteiger charge is 2.25. The van der Waals surface area contributed by atoms with Crippen LogP contribution in [0.15, 0.2) is 40.6 Å². The van der Waals surface area contributed by atoms with E-state index in [4.69, 9.17) is 27.9 Å². The predicted octanol–water partition coefficient (Wildman–Crippen LogP) is 3.41. The third kappa shape index (κ3) is 4.95. The topological polar surface area (TPSA) is 58.6 Å². The Morgan fingerprint density at radius 1 is 1.20 bits per heavy atom. The van der Waals surface area contributed by atoms with Gasteiger partial charge in [-0.1, -0.05) is 35.3 Å². The minimum Gasteiger partial charge on any atom is -0.379 e. The van der Waals surface area contributed by atoms with Gasteiger partial charge in [-0.25, -0.2) is 13.1 Å². The van der Waals surface area contributed by atoms with E-state index in [0.717, 1.165) is 30.0 Å². The van der Waals surface area contributed by atoms with Gasteiger partial charge in [0.15, 0.2) is 0 Å². The van der Waals surface area contributed by atoms with E-state index in [-0.39, 0.29) is 16.8 Å². The molecule has 1 atom stereocenters. The summed E-state index contributed by atoms with van der Waals surface area (Å²) in [6, 6.07) is 10.5. The zero-order chi connectivity index (χ0) is 17.9. The molecule has 0 spiro atoms. The number of rotatable bonds is 6. The minimum atomic E-state index is -3.60. The lowest BCUT2D eigenvalue weighted by Crippen LogP contribution is -2.43. The highest BCUT2D eigenvalue weighted by atomic mass is 35.5. The van der Waals surface area contributed by atoms with Gasteiger partial charge >= 0.3 is 0 Å². The Bertz CT molecular complexity index is 820. The van der Waals surface area contributed by atoms with Crippen LogP contribution in [0.1, 0.15) is 11.6 Å². The smallest absolute Gasteiger partial charge is 0.250 e. The van der Waals surface area contributed by atoms with Crippen molar-refractivity contribution in [1.29, 1.82) is 0 Å². The lowest BCUT2D eigenvalue weighted by Gasteiger charge is -2.34. The Labute approximate surface area is 161 Å². The number of ether oxygens (including phenoxy) is 1. The third-order valence-electron chi connectivity index (χ3n) is 4.00. The third-order valence-corrected chi connectivity index (χ3v) is 7.38. The number of sulfonamides is 1. The van der Waals surface area contributed by atoms with E-state index in [2.05, 4.69) is 9.62 Å². The summed E-state index contributed by atoms with van der Waals surface area (Å²) in [7, 11) is -3.60. The first-order chi connectivity index (χ1) is 12.0. The van der Waals surface area contributed by atoms with Crippen molar-refractivity contribution in [3.8, 4) is 0 Å². The van der Waals surface area contributed by atoms with Crippen molar-refractivity contribution >= 4 is 44.6 Å². The van der Waals surface area contributed by atoms with Crippen LogP contribution in [0.4, 0.5) is 0 Å². The lowest BCUT2D eigenvalue weighted by atomic mass is 10.1. The molecule has 1 aliphatic heterocycles. The Balaban J connectivity index is 1.80. The maximum atomic E-state index is 12.5. The molecule has 0 saturated carbocycles. The fraction of sp³-hybridized carbons (Fsp3) is 0.375. The SMILES string of the molecule is O=S(=O)(NCC(c1cccc(Cl)c1)N1CCOCC1)c1ccc(Cl)s1. The van der Waals surface area contributed by atoms with Crippen LogP contribution in [-0.4, -0.2) is 46.2 Å². The van der Waals surface area contributed by atoms with Crippen LogP contribution in [0.3, 0.4) is 0 Å². The second kappa shape index (κ2) is 8.35. The second-order valence-electron chi connectivity index (χ2n) is 5.63. The molecule has 136 valence electrons. The second-order valence-corrected chi connectivity index (χ2v) is 9.77. The molecule has 1 aromatic carbocycles. The van der Waals surface area contributed by atoms with Crippen molar-refractivity contribution in [2.24, 2.45) is 0 Å². The molecule has 9 heteroatoms. The van der Waals surface area contributed by atoms with Crippen LogP contribution >= 0.6 is 34.5 Å². The lowest BCUT2D eigenvalue weighted by molar-refractivity contribution is 0.0172. The molecule has 2 heterocycles. The molecule has 1 aromatic heterocycles. The molecule has 0 aliphatic carbocycles. The molecule has 0 bridgehead atoms. The Kier molecular flexibility index (Phi) is 6.38. The van der Waals surface area contributed by atoms with Crippen molar-refractivity contribution in [1.82, 2.24) is 9.62 Å². The molecule has 0 amide bonds. The van der Waals surface area contributed by atoms with Gasteiger partial charge in [-0.3, -0.25) is 4.90 Å². The first-order valence-electron chi connectivity index (χ1n) is 7.78. The van der Waals surface area contributed by atoms with Gasteiger partial charge < -0.3 is 4.74 Å².